The summed E-state index contributed by atoms with van der Waals surface area (Å²) < 4.78 is 0. The van der Waals surface area contributed by atoms with Crippen molar-refractivity contribution < 1.29 is 4.79 Å². The molecule has 2 fully saturated rings. The molecule has 1 aromatic heterocycles. The number of amides is 2. The molecule has 0 aromatic carbocycles. The van der Waals surface area contributed by atoms with Gasteiger partial charge >= 0.3 is 6.03 Å². The lowest BCUT2D eigenvalue weighted by molar-refractivity contribution is 0.175. The van der Waals surface area contributed by atoms with E-state index in [2.05, 4.69) is 22.4 Å². The standard InChI is InChI=1S/C15H24N4O/c1-10-14(11(2)18-17-10)13-6-4-3-5-9-19(13)15(20)16-12-7-8-12/h12-13H,3-9H2,1-2H3,(H,16,20)(H,17,18)/t13-/m1/s1. The van der Waals surface area contributed by atoms with Gasteiger partial charge in [0, 0.05) is 23.8 Å². The number of likely N-dealkylation sites (tertiary alicyclic amines) is 1. The minimum absolute atomic E-state index is 0.111. The van der Waals surface area contributed by atoms with Gasteiger partial charge in [-0.3, -0.25) is 5.10 Å². The number of carbonyl (C=O) groups excluding carboxylic acids is 1. The summed E-state index contributed by atoms with van der Waals surface area (Å²) in [4.78, 5) is 14.6. The van der Waals surface area contributed by atoms with Crippen molar-refractivity contribution in [2.75, 3.05) is 6.54 Å². The lowest BCUT2D eigenvalue weighted by Crippen LogP contribution is -2.43. The number of carbonyl (C=O) groups is 1. The lowest BCUT2D eigenvalue weighted by Gasteiger charge is -2.30. The van der Waals surface area contributed by atoms with Crippen LogP contribution in [0.2, 0.25) is 0 Å². The third-order valence-electron chi connectivity index (χ3n) is 4.44. The molecular weight excluding hydrogens is 252 g/mol. The second-order valence-electron chi connectivity index (χ2n) is 6.13. The van der Waals surface area contributed by atoms with Crippen LogP contribution in [-0.4, -0.2) is 33.7 Å². The largest absolute Gasteiger partial charge is 0.335 e. The van der Waals surface area contributed by atoms with Gasteiger partial charge in [0.05, 0.1) is 11.7 Å². The second-order valence-corrected chi connectivity index (χ2v) is 6.13. The molecule has 2 amide bonds. The highest BCUT2D eigenvalue weighted by Crippen LogP contribution is 2.33. The molecule has 0 bridgehead atoms. The van der Waals surface area contributed by atoms with E-state index < -0.39 is 0 Å². The van der Waals surface area contributed by atoms with Gasteiger partial charge in [-0.25, -0.2) is 4.79 Å². The topological polar surface area (TPSA) is 61.0 Å². The van der Waals surface area contributed by atoms with E-state index in [1.165, 1.54) is 18.4 Å². The zero-order chi connectivity index (χ0) is 14.1. The third kappa shape index (κ3) is 2.67. The highest BCUT2D eigenvalue weighted by atomic mass is 16.2. The maximum Gasteiger partial charge on any atom is 0.318 e. The average Bonchev–Trinajstić information content (AvgIpc) is 3.19. The lowest BCUT2D eigenvalue weighted by atomic mass is 9.99. The van der Waals surface area contributed by atoms with Gasteiger partial charge in [0.15, 0.2) is 0 Å². The highest BCUT2D eigenvalue weighted by molar-refractivity contribution is 5.75. The summed E-state index contributed by atoms with van der Waals surface area (Å²) in [5.41, 5.74) is 3.34. The van der Waals surface area contributed by atoms with Crippen molar-refractivity contribution in [3.8, 4) is 0 Å². The molecule has 110 valence electrons. The minimum Gasteiger partial charge on any atom is -0.335 e. The maximum atomic E-state index is 12.5. The summed E-state index contributed by atoms with van der Waals surface area (Å²) in [6.45, 7) is 4.94. The first-order valence-electron chi connectivity index (χ1n) is 7.75. The number of aromatic nitrogens is 2. The number of H-pyrrole nitrogens is 1. The molecule has 0 spiro atoms. The van der Waals surface area contributed by atoms with Crippen LogP contribution in [0.1, 0.15) is 61.5 Å². The fourth-order valence-corrected chi connectivity index (χ4v) is 3.19. The van der Waals surface area contributed by atoms with Crippen LogP contribution in [0.4, 0.5) is 4.79 Å². The van der Waals surface area contributed by atoms with E-state index in [4.69, 9.17) is 0 Å². The van der Waals surface area contributed by atoms with Gasteiger partial charge in [0.2, 0.25) is 0 Å². The predicted molar refractivity (Wildman–Crippen MR) is 77.5 cm³/mol. The molecule has 1 saturated carbocycles. The number of nitrogens with one attached hydrogen (secondary N) is 2. The molecule has 2 N–H and O–H groups in total. The van der Waals surface area contributed by atoms with E-state index in [1.807, 2.05) is 11.8 Å². The summed E-state index contributed by atoms with van der Waals surface area (Å²) in [6.07, 6.45) is 6.80. The molecule has 5 nitrogen and oxygen atoms in total. The monoisotopic (exact) mass is 276 g/mol. The Labute approximate surface area is 120 Å². The number of hydrogen-bond donors (Lipinski definition) is 2. The van der Waals surface area contributed by atoms with Gasteiger partial charge < -0.3 is 10.2 Å². The summed E-state index contributed by atoms with van der Waals surface area (Å²) in [7, 11) is 0. The quantitative estimate of drug-likeness (QED) is 0.872. The van der Waals surface area contributed by atoms with E-state index in [9.17, 15) is 4.79 Å². The smallest absolute Gasteiger partial charge is 0.318 e. The Hall–Kier alpha value is -1.52. The summed E-state index contributed by atoms with van der Waals surface area (Å²) in [5.74, 6) is 0. The van der Waals surface area contributed by atoms with Crippen molar-refractivity contribution in [2.24, 2.45) is 0 Å². The first-order valence-corrected chi connectivity index (χ1v) is 7.75. The number of nitrogens with zero attached hydrogens (tertiary/aromatic N) is 2. The normalized spacial score (nSPS) is 23.5. The number of aryl methyl sites for hydroxylation is 2. The van der Waals surface area contributed by atoms with E-state index in [1.54, 1.807) is 0 Å². The van der Waals surface area contributed by atoms with Crippen molar-refractivity contribution in [1.29, 1.82) is 0 Å². The SMILES string of the molecule is Cc1n[nH]c(C)c1[C@H]1CCCCCN1C(=O)NC1CC1. The Morgan fingerprint density at radius 2 is 2.05 bits per heavy atom. The molecule has 1 aliphatic heterocycles. The van der Waals surface area contributed by atoms with Crippen molar-refractivity contribution in [1.82, 2.24) is 20.4 Å². The van der Waals surface area contributed by atoms with Crippen LogP contribution < -0.4 is 5.32 Å². The molecule has 2 heterocycles. The minimum atomic E-state index is 0.111. The molecule has 20 heavy (non-hydrogen) atoms. The number of aromatic amines is 1. The Morgan fingerprint density at radius 1 is 1.25 bits per heavy atom. The van der Waals surface area contributed by atoms with Crippen LogP contribution in [0.15, 0.2) is 0 Å². The van der Waals surface area contributed by atoms with E-state index in [0.29, 0.717) is 6.04 Å². The van der Waals surface area contributed by atoms with Crippen LogP contribution in [0.5, 0.6) is 0 Å². The first kappa shape index (κ1) is 13.5. The van der Waals surface area contributed by atoms with Crippen molar-refractivity contribution >= 4 is 6.03 Å². The first-order chi connectivity index (χ1) is 9.66. The van der Waals surface area contributed by atoms with Crippen molar-refractivity contribution in [3.63, 3.8) is 0 Å². The summed E-state index contributed by atoms with van der Waals surface area (Å²) >= 11 is 0. The Balaban J connectivity index is 1.85. The molecule has 0 radical (unpaired) electrons. The molecule has 1 aromatic rings. The molecule has 0 unspecified atom stereocenters. The summed E-state index contributed by atoms with van der Waals surface area (Å²) in [6, 6.07) is 0.701. The van der Waals surface area contributed by atoms with Gasteiger partial charge in [-0.05, 0) is 39.5 Å². The van der Waals surface area contributed by atoms with E-state index >= 15 is 0 Å². The van der Waals surface area contributed by atoms with Crippen molar-refractivity contribution in [2.45, 2.75) is 64.5 Å². The van der Waals surface area contributed by atoms with Crippen molar-refractivity contribution in [3.05, 3.63) is 17.0 Å². The fourth-order valence-electron chi connectivity index (χ4n) is 3.19. The molecule has 1 saturated heterocycles. The molecule has 2 aliphatic rings. The van der Waals surface area contributed by atoms with E-state index in [-0.39, 0.29) is 12.1 Å². The van der Waals surface area contributed by atoms with Crippen LogP contribution in [0, 0.1) is 13.8 Å². The molecule has 3 rings (SSSR count). The van der Waals surface area contributed by atoms with Gasteiger partial charge in [0.1, 0.15) is 0 Å². The van der Waals surface area contributed by atoms with Crippen LogP contribution in [0.3, 0.4) is 0 Å². The predicted octanol–water partition coefficient (Wildman–Crippen LogP) is 2.82. The van der Waals surface area contributed by atoms with Crippen LogP contribution in [0.25, 0.3) is 0 Å². The average molecular weight is 276 g/mol. The van der Waals surface area contributed by atoms with Gasteiger partial charge in [-0.2, -0.15) is 5.10 Å². The van der Waals surface area contributed by atoms with Gasteiger partial charge in [-0.15, -0.1) is 0 Å². The molecular formula is C15H24N4O. The number of urea groups is 1. The Kier molecular flexibility index (Phi) is 3.68. The zero-order valence-corrected chi connectivity index (χ0v) is 12.4. The van der Waals surface area contributed by atoms with Crippen LogP contribution in [-0.2, 0) is 0 Å². The zero-order valence-electron chi connectivity index (χ0n) is 12.4. The fraction of sp³-hybridized carbons (Fsp3) is 0.733. The molecule has 5 heteroatoms. The van der Waals surface area contributed by atoms with E-state index in [0.717, 1.165) is 43.6 Å². The molecule has 1 atom stereocenters. The Morgan fingerprint density at radius 3 is 2.70 bits per heavy atom. The second kappa shape index (κ2) is 5.46. The highest BCUT2D eigenvalue weighted by Gasteiger charge is 2.32. The number of rotatable bonds is 2. The maximum absolute atomic E-state index is 12.5. The molecule has 1 aliphatic carbocycles. The summed E-state index contributed by atoms with van der Waals surface area (Å²) in [5, 5.41) is 10.5. The third-order valence-corrected chi connectivity index (χ3v) is 4.44. The van der Waals surface area contributed by atoms with Gasteiger partial charge in [-0.1, -0.05) is 12.8 Å². The Bertz CT molecular complexity index is 473. The van der Waals surface area contributed by atoms with Crippen LogP contribution >= 0.6 is 0 Å². The van der Waals surface area contributed by atoms with Gasteiger partial charge in [0.25, 0.3) is 0 Å². The number of hydrogen-bond acceptors (Lipinski definition) is 2.